The Kier molecular flexibility index (Phi) is 3.00. The van der Waals surface area contributed by atoms with E-state index < -0.39 is 0 Å². The highest BCUT2D eigenvalue weighted by atomic mass is 13.6. The normalized spacial score (nSPS) is 7.50. The zero-order valence-corrected chi connectivity index (χ0v) is 3.28. The predicted molar refractivity (Wildman–Crippen MR) is 20.3 cm³/mol. The molecule has 0 nitrogen and oxygen atoms in total. The first-order valence-electron chi connectivity index (χ1n) is 1.69. The van der Waals surface area contributed by atoms with E-state index in [9.17, 15) is 0 Å². The van der Waals surface area contributed by atoms with Crippen LogP contribution in [0.4, 0.5) is 0 Å². The van der Waals surface area contributed by atoms with Crippen molar-refractivity contribution in [2.45, 2.75) is 20.3 Å². The van der Waals surface area contributed by atoms with E-state index in [2.05, 4.69) is 20.3 Å². The molecule has 0 heteroatoms. The quantitative estimate of drug-likeness (QED) is 0.429. The fourth-order valence-electron chi connectivity index (χ4n) is 0. The molecule has 25 valence electrons. The van der Waals surface area contributed by atoms with Gasteiger partial charge in [-0.2, -0.15) is 0 Å². The molecule has 0 fully saturated rings. The summed E-state index contributed by atoms with van der Waals surface area (Å²) in [6.07, 6.45) is 3.32. The van der Waals surface area contributed by atoms with Crippen LogP contribution in [0.2, 0.25) is 0 Å². The Labute approximate surface area is 27.8 Å². The molecule has 0 aromatic rings. The van der Waals surface area contributed by atoms with Crippen LogP contribution < -0.4 is 0 Å². The summed E-state index contributed by atoms with van der Waals surface area (Å²) in [5.74, 6) is 0. The van der Waals surface area contributed by atoms with Gasteiger partial charge in [0.05, 0.1) is 0 Å². The zero-order chi connectivity index (χ0) is 3.41. The van der Waals surface area contributed by atoms with Crippen LogP contribution in [0.3, 0.4) is 0 Å². The molecule has 0 aliphatic carbocycles. The van der Waals surface area contributed by atoms with Crippen molar-refractivity contribution in [1.29, 1.82) is 0 Å². The van der Waals surface area contributed by atoms with E-state index in [1.54, 1.807) is 0 Å². The fraction of sp³-hybridized carbons (Fsp3) is 0.750. The van der Waals surface area contributed by atoms with E-state index in [-0.39, 0.29) is 0 Å². The highest BCUT2D eigenvalue weighted by molar-refractivity contribution is 4.45. The van der Waals surface area contributed by atoms with Gasteiger partial charge in [-0.05, 0) is 6.42 Å². The van der Waals surface area contributed by atoms with Gasteiger partial charge in [0.15, 0.2) is 0 Å². The van der Waals surface area contributed by atoms with Crippen molar-refractivity contribution in [2.75, 3.05) is 0 Å². The second-order valence-corrected chi connectivity index (χ2v) is 0.816. The lowest BCUT2D eigenvalue weighted by molar-refractivity contribution is 1.10. The van der Waals surface area contributed by atoms with Crippen LogP contribution in [0.15, 0.2) is 0 Å². The summed E-state index contributed by atoms with van der Waals surface area (Å²) in [4.78, 5) is 0. The minimum absolute atomic E-state index is 1.19. The van der Waals surface area contributed by atoms with Crippen LogP contribution in [-0.4, -0.2) is 0 Å². The maximum absolute atomic E-state index is 2.12. The van der Waals surface area contributed by atoms with Gasteiger partial charge < -0.3 is 0 Å². The molecular weight excluding hydrogens is 48.0 g/mol. The van der Waals surface area contributed by atoms with Crippen molar-refractivity contribution < 1.29 is 0 Å². The number of hydrogen-bond donors (Lipinski definition) is 0. The number of rotatable bonds is 1. The van der Waals surface area contributed by atoms with Crippen molar-refractivity contribution in [3.63, 3.8) is 0 Å². The molecule has 0 rings (SSSR count). The highest BCUT2D eigenvalue weighted by Gasteiger charge is 1.57. The van der Waals surface area contributed by atoms with Gasteiger partial charge in [0.25, 0.3) is 0 Å². The first-order chi connectivity index (χ1) is 1.91. The van der Waals surface area contributed by atoms with E-state index in [1.807, 2.05) is 0 Å². The number of unbranched alkanes of at least 4 members (excludes halogenated alkanes) is 1. The van der Waals surface area contributed by atoms with Crippen molar-refractivity contribution in [3.05, 3.63) is 6.42 Å². The van der Waals surface area contributed by atoms with Crippen LogP contribution in [-0.2, 0) is 0 Å². The summed E-state index contributed by atoms with van der Waals surface area (Å²) in [5, 5.41) is 0. The summed E-state index contributed by atoms with van der Waals surface area (Å²) in [5.41, 5.74) is 0. The third-order valence-electron chi connectivity index (χ3n) is 0.408. The Morgan fingerprint density at radius 1 is 1.75 bits per heavy atom. The summed E-state index contributed by atoms with van der Waals surface area (Å²) in [6.45, 7) is 4.18. The minimum atomic E-state index is 1.19. The molecule has 4 heavy (non-hydrogen) atoms. The SMILES string of the molecule is C[CH]CC. The Bertz CT molecular complexity index is 2.00. The van der Waals surface area contributed by atoms with Crippen LogP contribution in [0.25, 0.3) is 0 Å². The molecule has 0 atom stereocenters. The molecule has 0 bridgehead atoms. The third-order valence-corrected chi connectivity index (χ3v) is 0.408. The second kappa shape index (κ2) is 3.00. The molecule has 0 N–H and O–H groups in total. The summed E-state index contributed by atoms with van der Waals surface area (Å²) in [7, 11) is 0. The minimum Gasteiger partial charge on any atom is -0.0651 e. The van der Waals surface area contributed by atoms with Crippen LogP contribution in [0.1, 0.15) is 20.3 Å². The van der Waals surface area contributed by atoms with Crippen LogP contribution in [0, 0.1) is 6.42 Å². The van der Waals surface area contributed by atoms with Crippen LogP contribution in [0.5, 0.6) is 0 Å². The van der Waals surface area contributed by atoms with Gasteiger partial charge in [-0.25, -0.2) is 0 Å². The molecule has 0 heterocycles. The average molecular weight is 57.1 g/mol. The molecule has 0 aliphatic heterocycles. The lowest BCUT2D eigenvalue weighted by Crippen LogP contribution is -1.50. The molecule has 0 unspecified atom stereocenters. The maximum Gasteiger partial charge on any atom is -0.0420 e. The lowest BCUT2D eigenvalue weighted by atomic mass is 10.4. The molecule has 0 aromatic carbocycles. The molecule has 0 amide bonds. The maximum atomic E-state index is 2.12. The summed E-state index contributed by atoms with van der Waals surface area (Å²) >= 11 is 0. The van der Waals surface area contributed by atoms with E-state index in [1.165, 1.54) is 6.42 Å². The lowest BCUT2D eigenvalue weighted by Gasteiger charge is -1.67. The Morgan fingerprint density at radius 2 is 2.00 bits per heavy atom. The average Bonchev–Trinajstić information content (AvgIpc) is 1.37. The zero-order valence-electron chi connectivity index (χ0n) is 3.28. The summed E-state index contributed by atoms with van der Waals surface area (Å²) < 4.78 is 0. The smallest absolute Gasteiger partial charge is 0.0420 e. The van der Waals surface area contributed by atoms with Gasteiger partial charge in [0, 0.05) is 0 Å². The van der Waals surface area contributed by atoms with Crippen molar-refractivity contribution in [3.8, 4) is 0 Å². The van der Waals surface area contributed by atoms with Gasteiger partial charge in [0.1, 0.15) is 0 Å². The topological polar surface area (TPSA) is 0 Å². The Balaban J connectivity index is 1.97. The molecule has 0 aromatic heterocycles. The third kappa shape index (κ3) is 2.00. The van der Waals surface area contributed by atoms with Crippen molar-refractivity contribution >= 4 is 0 Å². The van der Waals surface area contributed by atoms with E-state index in [0.29, 0.717) is 0 Å². The first kappa shape index (κ1) is 4.00. The van der Waals surface area contributed by atoms with E-state index >= 15 is 0 Å². The molecule has 1 radical (unpaired) electrons. The Morgan fingerprint density at radius 3 is 2.00 bits per heavy atom. The first-order valence-corrected chi connectivity index (χ1v) is 1.69. The highest BCUT2D eigenvalue weighted by Crippen LogP contribution is 1.74. The number of hydrogen-bond acceptors (Lipinski definition) is 0. The van der Waals surface area contributed by atoms with E-state index in [0.717, 1.165) is 0 Å². The van der Waals surface area contributed by atoms with Gasteiger partial charge in [0.2, 0.25) is 0 Å². The van der Waals surface area contributed by atoms with Gasteiger partial charge in [-0.15, -0.1) is 0 Å². The molecular formula is C4H9. The monoisotopic (exact) mass is 57.1 g/mol. The molecule has 0 saturated heterocycles. The van der Waals surface area contributed by atoms with Gasteiger partial charge in [-0.3, -0.25) is 0 Å². The van der Waals surface area contributed by atoms with Gasteiger partial charge in [-0.1, -0.05) is 20.3 Å². The predicted octanol–water partition coefficient (Wildman–Crippen LogP) is 1.62. The molecule has 0 spiro atoms. The molecule has 0 aliphatic rings. The standard InChI is InChI=1S/C4H9/c1-3-4-2/h3H,4H2,1-2H3. The van der Waals surface area contributed by atoms with Crippen molar-refractivity contribution in [2.24, 2.45) is 0 Å². The molecule has 0 saturated carbocycles. The summed E-state index contributed by atoms with van der Waals surface area (Å²) in [6, 6.07) is 0. The largest absolute Gasteiger partial charge is 0.0651 e. The van der Waals surface area contributed by atoms with E-state index in [4.69, 9.17) is 0 Å². The second-order valence-electron chi connectivity index (χ2n) is 0.816. The Hall–Kier alpha value is 0. The van der Waals surface area contributed by atoms with Crippen molar-refractivity contribution in [1.82, 2.24) is 0 Å². The van der Waals surface area contributed by atoms with Gasteiger partial charge >= 0.3 is 0 Å². The van der Waals surface area contributed by atoms with Crippen LogP contribution >= 0.6 is 0 Å². The fourth-order valence-corrected chi connectivity index (χ4v) is 0.